The lowest BCUT2D eigenvalue weighted by Crippen LogP contribution is -2.28. The first-order chi connectivity index (χ1) is 11.3. The number of amides is 2. The number of imidazole rings is 1. The summed E-state index contributed by atoms with van der Waals surface area (Å²) in [5.74, 6) is 0.643. The van der Waals surface area contributed by atoms with Crippen molar-refractivity contribution >= 4 is 28.3 Å². The lowest BCUT2D eigenvalue weighted by Gasteiger charge is -2.19. The highest BCUT2D eigenvalue weighted by Gasteiger charge is 2.28. The summed E-state index contributed by atoms with van der Waals surface area (Å²) in [7, 11) is 3.40. The molecular formula is C16H21N5O2S. The molecule has 2 aromatic heterocycles. The van der Waals surface area contributed by atoms with Crippen molar-refractivity contribution in [3.05, 3.63) is 27.8 Å². The van der Waals surface area contributed by atoms with E-state index in [4.69, 9.17) is 0 Å². The number of hydrogen-bond donors (Lipinski definition) is 2. The molecule has 0 fully saturated rings. The molecule has 8 heteroatoms. The molecule has 0 saturated carbocycles. The first-order valence-corrected chi connectivity index (χ1v) is 8.71. The van der Waals surface area contributed by atoms with Crippen LogP contribution in [0.5, 0.6) is 0 Å². The largest absolute Gasteiger partial charge is 0.346 e. The van der Waals surface area contributed by atoms with Crippen LogP contribution in [0.25, 0.3) is 0 Å². The number of hydrogen-bond acceptors (Lipinski definition) is 5. The van der Waals surface area contributed by atoms with Gasteiger partial charge in [0.2, 0.25) is 5.91 Å². The van der Waals surface area contributed by atoms with Crippen molar-refractivity contribution in [3.63, 3.8) is 0 Å². The van der Waals surface area contributed by atoms with E-state index in [9.17, 15) is 9.59 Å². The Labute approximate surface area is 144 Å². The number of fused-ring (bicyclic) bond motifs is 1. The predicted octanol–water partition coefficient (Wildman–Crippen LogP) is 1.93. The highest BCUT2D eigenvalue weighted by Crippen LogP contribution is 2.27. The Morgan fingerprint density at radius 1 is 1.29 bits per heavy atom. The van der Waals surface area contributed by atoms with Crippen LogP contribution < -0.4 is 5.32 Å². The number of aromatic amines is 1. The minimum Gasteiger partial charge on any atom is -0.346 e. The molecule has 24 heavy (non-hydrogen) atoms. The number of nitrogens with zero attached hydrogens (tertiary/aromatic N) is 3. The molecule has 128 valence electrons. The monoisotopic (exact) mass is 347 g/mol. The van der Waals surface area contributed by atoms with Crippen molar-refractivity contribution in [1.29, 1.82) is 0 Å². The molecule has 2 aromatic rings. The van der Waals surface area contributed by atoms with Gasteiger partial charge >= 0.3 is 0 Å². The molecular weight excluding hydrogens is 326 g/mol. The molecule has 1 atom stereocenters. The van der Waals surface area contributed by atoms with Gasteiger partial charge in [-0.05, 0) is 26.7 Å². The Balaban J connectivity index is 1.70. The fourth-order valence-electron chi connectivity index (χ4n) is 2.91. The molecule has 2 heterocycles. The molecule has 2 amide bonds. The van der Waals surface area contributed by atoms with Crippen LogP contribution in [0.2, 0.25) is 0 Å². The second-order valence-corrected chi connectivity index (χ2v) is 7.31. The number of nitrogens with one attached hydrogen (secondary N) is 2. The fraction of sp³-hybridized carbons (Fsp3) is 0.500. The number of aromatic nitrogens is 3. The van der Waals surface area contributed by atoms with E-state index in [0.29, 0.717) is 22.1 Å². The lowest BCUT2D eigenvalue weighted by molar-refractivity contribution is -0.120. The third kappa shape index (κ3) is 3.19. The maximum Gasteiger partial charge on any atom is 0.265 e. The predicted molar refractivity (Wildman–Crippen MR) is 92.3 cm³/mol. The van der Waals surface area contributed by atoms with Gasteiger partial charge in [-0.2, -0.15) is 0 Å². The van der Waals surface area contributed by atoms with Crippen molar-refractivity contribution in [2.75, 3.05) is 19.4 Å². The molecule has 0 radical (unpaired) electrons. The van der Waals surface area contributed by atoms with Gasteiger partial charge in [0.1, 0.15) is 10.7 Å². The number of aryl methyl sites for hydroxylation is 3. The standard InChI is InChI=1S/C16H21N5O2S/c1-8-13(15(23)21(3)4)24-16(17-8)20-14(22)10-5-6-11-12(7-10)19-9(2)18-11/h10H,5-7H2,1-4H3,(H,18,19)(H,17,20,22). The zero-order valence-electron chi connectivity index (χ0n) is 14.3. The van der Waals surface area contributed by atoms with Gasteiger partial charge in [0.15, 0.2) is 5.13 Å². The average Bonchev–Trinajstić information content (AvgIpc) is 3.06. The van der Waals surface area contributed by atoms with Crippen molar-refractivity contribution in [1.82, 2.24) is 19.9 Å². The SMILES string of the molecule is Cc1nc2c([nH]1)CC(C(=O)Nc1nc(C)c(C(=O)N(C)C)s1)CC2. The molecule has 1 unspecified atom stereocenters. The third-order valence-corrected chi connectivity index (χ3v) is 5.22. The maximum absolute atomic E-state index is 12.5. The minimum absolute atomic E-state index is 0.0505. The third-order valence-electron chi connectivity index (χ3n) is 4.16. The second-order valence-electron chi connectivity index (χ2n) is 6.31. The van der Waals surface area contributed by atoms with Crippen LogP contribution in [-0.4, -0.2) is 45.8 Å². The molecule has 2 N–H and O–H groups in total. The van der Waals surface area contributed by atoms with Gasteiger partial charge in [-0.1, -0.05) is 11.3 Å². The van der Waals surface area contributed by atoms with Gasteiger partial charge in [0.25, 0.3) is 5.91 Å². The number of carbonyl (C=O) groups is 2. The van der Waals surface area contributed by atoms with Crippen LogP contribution in [0, 0.1) is 19.8 Å². The Hall–Kier alpha value is -2.22. The van der Waals surface area contributed by atoms with E-state index >= 15 is 0 Å². The molecule has 0 aliphatic heterocycles. The van der Waals surface area contributed by atoms with E-state index in [2.05, 4.69) is 20.3 Å². The summed E-state index contributed by atoms with van der Waals surface area (Å²) in [6.07, 6.45) is 2.24. The number of carbonyl (C=O) groups excluding carboxylic acids is 2. The molecule has 1 aliphatic rings. The topological polar surface area (TPSA) is 91.0 Å². The van der Waals surface area contributed by atoms with E-state index in [0.717, 1.165) is 30.1 Å². The number of thiazole rings is 1. The Morgan fingerprint density at radius 2 is 2.04 bits per heavy atom. The van der Waals surface area contributed by atoms with E-state index in [1.54, 1.807) is 21.0 Å². The summed E-state index contributed by atoms with van der Waals surface area (Å²) < 4.78 is 0. The van der Waals surface area contributed by atoms with Crippen molar-refractivity contribution in [2.45, 2.75) is 33.1 Å². The lowest BCUT2D eigenvalue weighted by atomic mass is 9.89. The molecule has 3 rings (SSSR count). The number of anilines is 1. The summed E-state index contributed by atoms with van der Waals surface area (Å²) >= 11 is 1.22. The zero-order valence-corrected chi connectivity index (χ0v) is 15.1. The normalized spacial score (nSPS) is 16.6. The van der Waals surface area contributed by atoms with E-state index in [1.165, 1.54) is 16.2 Å². The van der Waals surface area contributed by atoms with E-state index in [1.807, 2.05) is 6.92 Å². The van der Waals surface area contributed by atoms with E-state index < -0.39 is 0 Å². The maximum atomic E-state index is 12.5. The number of rotatable bonds is 3. The van der Waals surface area contributed by atoms with E-state index in [-0.39, 0.29) is 17.7 Å². The Morgan fingerprint density at radius 3 is 2.75 bits per heavy atom. The average molecular weight is 347 g/mol. The second kappa shape index (κ2) is 6.35. The van der Waals surface area contributed by atoms with Crippen LogP contribution in [0.15, 0.2) is 0 Å². The molecule has 0 aromatic carbocycles. The highest BCUT2D eigenvalue weighted by atomic mass is 32.1. The first kappa shape index (κ1) is 16.6. The van der Waals surface area contributed by atoms with Crippen LogP contribution in [-0.2, 0) is 17.6 Å². The summed E-state index contributed by atoms with van der Waals surface area (Å²) in [6.45, 7) is 3.71. The van der Waals surface area contributed by atoms with Gasteiger partial charge in [0, 0.05) is 32.1 Å². The van der Waals surface area contributed by atoms with Crippen LogP contribution >= 0.6 is 11.3 Å². The van der Waals surface area contributed by atoms with Gasteiger partial charge in [-0.25, -0.2) is 9.97 Å². The van der Waals surface area contributed by atoms with Crippen molar-refractivity contribution in [2.24, 2.45) is 5.92 Å². The summed E-state index contributed by atoms with van der Waals surface area (Å²) in [4.78, 5) is 38.7. The smallest absolute Gasteiger partial charge is 0.265 e. The fourth-order valence-corrected chi connectivity index (χ4v) is 3.90. The van der Waals surface area contributed by atoms with Crippen LogP contribution in [0.1, 0.15) is 39.0 Å². The zero-order chi connectivity index (χ0) is 17.4. The summed E-state index contributed by atoms with van der Waals surface area (Å²) in [6, 6.07) is 0. The van der Waals surface area contributed by atoms with Crippen molar-refractivity contribution < 1.29 is 9.59 Å². The van der Waals surface area contributed by atoms with Crippen LogP contribution in [0.3, 0.4) is 0 Å². The number of H-pyrrole nitrogens is 1. The van der Waals surface area contributed by atoms with Gasteiger partial charge in [-0.15, -0.1) is 0 Å². The van der Waals surface area contributed by atoms with Gasteiger partial charge < -0.3 is 15.2 Å². The van der Waals surface area contributed by atoms with Gasteiger partial charge in [-0.3, -0.25) is 9.59 Å². The summed E-state index contributed by atoms with van der Waals surface area (Å²) in [5.41, 5.74) is 2.77. The Bertz CT molecular complexity index is 792. The molecule has 0 spiro atoms. The first-order valence-electron chi connectivity index (χ1n) is 7.89. The molecule has 7 nitrogen and oxygen atoms in total. The van der Waals surface area contributed by atoms with Crippen LogP contribution in [0.4, 0.5) is 5.13 Å². The summed E-state index contributed by atoms with van der Waals surface area (Å²) in [5, 5.41) is 3.35. The molecule has 1 aliphatic carbocycles. The Kier molecular flexibility index (Phi) is 4.40. The quantitative estimate of drug-likeness (QED) is 0.887. The molecule has 0 saturated heterocycles. The molecule has 0 bridgehead atoms. The van der Waals surface area contributed by atoms with Crippen molar-refractivity contribution in [3.8, 4) is 0 Å². The highest BCUT2D eigenvalue weighted by molar-refractivity contribution is 7.17. The minimum atomic E-state index is -0.102. The van der Waals surface area contributed by atoms with Gasteiger partial charge in [0.05, 0.1) is 11.4 Å².